The fourth-order valence-corrected chi connectivity index (χ4v) is 1.43. The Hall–Kier alpha value is -1.06. The average Bonchev–Trinajstić information content (AvgIpc) is 2.13. The summed E-state index contributed by atoms with van der Waals surface area (Å²) in [4.78, 5) is 23.2. The van der Waals surface area contributed by atoms with Gasteiger partial charge >= 0.3 is 6.09 Å². The molecule has 0 aliphatic carbocycles. The first-order valence-corrected chi connectivity index (χ1v) is 5.57. The molecule has 0 rings (SSSR count). The summed E-state index contributed by atoms with van der Waals surface area (Å²) >= 11 is 0. The Morgan fingerprint density at radius 2 is 1.71 bits per heavy atom. The first-order chi connectivity index (χ1) is 7.18. The number of ketones is 1. The summed E-state index contributed by atoms with van der Waals surface area (Å²) < 4.78 is 4.52. The van der Waals surface area contributed by atoms with Crippen molar-refractivity contribution < 1.29 is 14.3 Å². The van der Waals surface area contributed by atoms with Crippen molar-refractivity contribution >= 4 is 11.9 Å². The van der Waals surface area contributed by atoms with E-state index >= 15 is 0 Å². The molecule has 0 aliphatic heterocycles. The van der Waals surface area contributed by atoms with E-state index in [0.717, 1.165) is 0 Å². The van der Waals surface area contributed by atoms with Crippen LogP contribution in [0.5, 0.6) is 0 Å². The molecule has 0 aromatic rings. The Balaban J connectivity index is 0. The number of alkyl carbamates (subject to hydrolysis) is 1. The highest BCUT2D eigenvalue weighted by molar-refractivity contribution is 5.91. The third-order valence-corrected chi connectivity index (χ3v) is 2.24. The van der Waals surface area contributed by atoms with Gasteiger partial charge in [0.2, 0.25) is 0 Å². The Morgan fingerprint density at radius 3 is 2.00 bits per heavy atom. The highest BCUT2D eigenvalue weighted by Gasteiger charge is 2.31. The number of carbonyl (C=O) groups is 2. The molecule has 0 unspecified atom stereocenters. The van der Waals surface area contributed by atoms with E-state index in [-0.39, 0.29) is 13.2 Å². The van der Waals surface area contributed by atoms with Gasteiger partial charge in [0.1, 0.15) is 0 Å². The van der Waals surface area contributed by atoms with Crippen LogP contribution in [0.3, 0.4) is 0 Å². The normalized spacial score (nSPS) is 12.6. The van der Waals surface area contributed by atoms with Crippen LogP contribution in [0.25, 0.3) is 0 Å². The molecule has 0 aromatic heterocycles. The molecule has 4 heteroatoms. The summed E-state index contributed by atoms with van der Waals surface area (Å²) in [5.41, 5.74) is -0.458. The standard InChI is InChI=1S/C12H23NO3.CH4/c1-8(2)7-9(13-11(15)16-6)10(14)12(3,4)5;/h8-9H,7H2,1-6H3,(H,13,15);1H4/t9-;/m1./s1. The molecule has 0 heterocycles. The molecular weight excluding hydrogens is 218 g/mol. The Labute approximate surface area is 105 Å². The number of hydrogen-bond donors (Lipinski definition) is 1. The molecule has 0 saturated heterocycles. The summed E-state index contributed by atoms with van der Waals surface area (Å²) in [5.74, 6) is 0.375. The maximum Gasteiger partial charge on any atom is 0.407 e. The van der Waals surface area contributed by atoms with Crippen LogP contribution in [-0.4, -0.2) is 25.0 Å². The van der Waals surface area contributed by atoms with E-state index in [4.69, 9.17) is 0 Å². The van der Waals surface area contributed by atoms with E-state index in [1.54, 1.807) is 0 Å². The minimum atomic E-state index is -0.553. The first-order valence-electron chi connectivity index (χ1n) is 5.57. The zero-order valence-electron chi connectivity index (χ0n) is 11.1. The number of nitrogens with one attached hydrogen (secondary N) is 1. The summed E-state index contributed by atoms with van der Waals surface area (Å²) in [6.07, 6.45) is 0.0776. The number of carbonyl (C=O) groups excluding carboxylic acids is 2. The van der Waals surface area contributed by atoms with Gasteiger partial charge in [0.15, 0.2) is 5.78 Å². The molecule has 0 radical (unpaired) electrons. The summed E-state index contributed by atoms with van der Waals surface area (Å²) in [5, 5.41) is 2.59. The second-order valence-corrected chi connectivity index (χ2v) is 5.43. The van der Waals surface area contributed by atoms with Gasteiger partial charge < -0.3 is 10.1 Å². The Bertz CT molecular complexity index is 254. The highest BCUT2D eigenvalue weighted by Crippen LogP contribution is 2.20. The van der Waals surface area contributed by atoms with Crippen molar-refractivity contribution in [2.75, 3.05) is 7.11 Å². The molecule has 0 spiro atoms. The van der Waals surface area contributed by atoms with Crippen LogP contribution in [0.2, 0.25) is 0 Å². The minimum absolute atomic E-state index is 0. The van der Waals surface area contributed by atoms with E-state index in [1.807, 2.05) is 34.6 Å². The SMILES string of the molecule is C.COC(=O)N[C@H](CC(C)C)C(=O)C(C)(C)C. The van der Waals surface area contributed by atoms with Crippen molar-refractivity contribution in [2.24, 2.45) is 11.3 Å². The quantitative estimate of drug-likeness (QED) is 0.828. The van der Waals surface area contributed by atoms with Crippen LogP contribution in [-0.2, 0) is 9.53 Å². The minimum Gasteiger partial charge on any atom is -0.453 e. The molecule has 17 heavy (non-hydrogen) atoms. The maximum absolute atomic E-state index is 12.1. The smallest absolute Gasteiger partial charge is 0.407 e. The number of methoxy groups -OCH3 is 1. The molecule has 102 valence electrons. The van der Waals surface area contributed by atoms with Gasteiger partial charge in [-0.15, -0.1) is 0 Å². The van der Waals surface area contributed by atoms with Gasteiger partial charge in [-0.05, 0) is 12.3 Å². The van der Waals surface area contributed by atoms with Gasteiger partial charge in [0.05, 0.1) is 13.2 Å². The Kier molecular flexibility index (Phi) is 7.86. The highest BCUT2D eigenvalue weighted by atomic mass is 16.5. The molecule has 0 aliphatic rings. The van der Waals surface area contributed by atoms with Gasteiger partial charge in [-0.2, -0.15) is 0 Å². The van der Waals surface area contributed by atoms with Gasteiger partial charge in [-0.25, -0.2) is 4.79 Å². The predicted molar refractivity (Wildman–Crippen MR) is 70.0 cm³/mol. The second kappa shape index (κ2) is 7.30. The molecule has 0 saturated carbocycles. The van der Waals surface area contributed by atoms with Gasteiger partial charge in [0.25, 0.3) is 0 Å². The van der Waals surface area contributed by atoms with E-state index < -0.39 is 17.6 Å². The van der Waals surface area contributed by atoms with Crippen molar-refractivity contribution in [3.05, 3.63) is 0 Å². The average molecular weight is 245 g/mol. The van der Waals surface area contributed by atoms with Crippen molar-refractivity contribution in [3.63, 3.8) is 0 Å². The van der Waals surface area contributed by atoms with E-state index in [9.17, 15) is 9.59 Å². The third-order valence-electron chi connectivity index (χ3n) is 2.24. The van der Waals surface area contributed by atoms with Gasteiger partial charge in [0, 0.05) is 5.41 Å². The fraction of sp³-hybridized carbons (Fsp3) is 0.846. The topological polar surface area (TPSA) is 55.4 Å². The summed E-state index contributed by atoms with van der Waals surface area (Å²) in [6.45, 7) is 9.58. The van der Waals surface area contributed by atoms with E-state index in [0.29, 0.717) is 12.3 Å². The van der Waals surface area contributed by atoms with Crippen molar-refractivity contribution in [1.82, 2.24) is 5.32 Å². The van der Waals surface area contributed by atoms with Crippen molar-refractivity contribution in [3.8, 4) is 0 Å². The third kappa shape index (κ3) is 6.97. The molecule has 1 N–H and O–H groups in total. The summed E-state index contributed by atoms with van der Waals surface area (Å²) in [6, 6.07) is -0.465. The number of hydrogen-bond acceptors (Lipinski definition) is 3. The Morgan fingerprint density at radius 1 is 1.24 bits per heavy atom. The fourth-order valence-electron chi connectivity index (χ4n) is 1.43. The van der Waals surface area contributed by atoms with Gasteiger partial charge in [-0.3, -0.25) is 4.79 Å². The first kappa shape index (κ1) is 18.3. The second-order valence-electron chi connectivity index (χ2n) is 5.43. The maximum atomic E-state index is 12.1. The number of Topliss-reactive ketones (excluding diaryl/α,β-unsaturated/α-hetero) is 1. The molecular formula is C13H27NO3. The van der Waals surface area contributed by atoms with Gasteiger partial charge in [-0.1, -0.05) is 42.0 Å². The van der Waals surface area contributed by atoms with Crippen LogP contribution in [0, 0.1) is 11.3 Å². The molecule has 0 aromatic carbocycles. The zero-order chi connectivity index (χ0) is 12.9. The molecule has 0 bridgehead atoms. The van der Waals surface area contributed by atoms with Crippen LogP contribution in [0.4, 0.5) is 4.79 Å². The summed E-state index contributed by atoms with van der Waals surface area (Å²) in [7, 11) is 1.29. The molecule has 1 amide bonds. The molecule has 4 nitrogen and oxygen atoms in total. The van der Waals surface area contributed by atoms with Crippen LogP contribution >= 0.6 is 0 Å². The lowest BCUT2D eigenvalue weighted by molar-refractivity contribution is -0.128. The zero-order valence-corrected chi connectivity index (χ0v) is 11.1. The van der Waals surface area contributed by atoms with Crippen LogP contribution in [0.1, 0.15) is 48.5 Å². The predicted octanol–water partition coefficient (Wildman–Crippen LogP) is 3.01. The largest absolute Gasteiger partial charge is 0.453 e. The lowest BCUT2D eigenvalue weighted by Gasteiger charge is -2.26. The van der Waals surface area contributed by atoms with Crippen LogP contribution in [0.15, 0.2) is 0 Å². The molecule has 0 fully saturated rings. The number of rotatable bonds is 4. The van der Waals surface area contributed by atoms with E-state index in [1.165, 1.54) is 7.11 Å². The van der Waals surface area contributed by atoms with Crippen molar-refractivity contribution in [1.29, 1.82) is 0 Å². The van der Waals surface area contributed by atoms with E-state index in [2.05, 4.69) is 10.1 Å². The lowest BCUT2D eigenvalue weighted by Crippen LogP contribution is -2.46. The lowest BCUT2D eigenvalue weighted by atomic mass is 9.83. The van der Waals surface area contributed by atoms with Crippen molar-refractivity contribution in [2.45, 2.75) is 54.5 Å². The monoisotopic (exact) mass is 245 g/mol. The number of amides is 1. The molecule has 1 atom stereocenters. The van der Waals surface area contributed by atoms with Crippen LogP contribution < -0.4 is 5.32 Å². The number of ether oxygens (including phenoxy) is 1.